The Balaban J connectivity index is 2.45. The van der Waals surface area contributed by atoms with Crippen molar-refractivity contribution in [3.8, 4) is 0 Å². The van der Waals surface area contributed by atoms with Gasteiger partial charge in [-0.15, -0.1) is 4.91 Å². The second-order valence-electron chi connectivity index (χ2n) is 3.58. The first-order valence-corrected chi connectivity index (χ1v) is 4.13. The summed E-state index contributed by atoms with van der Waals surface area (Å²) in [4.78, 5) is 21.2. The van der Waals surface area contributed by atoms with Crippen LogP contribution in [-0.2, 0) is 4.79 Å². The molecule has 0 aliphatic heterocycles. The molecular formula is C8H6F3NO2. The number of halogens is 3. The van der Waals surface area contributed by atoms with Crippen LogP contribution in [0.5, 0.6) is 0 Å². The minimum absolute atomic E-state index is 0.0246. The summed E-state index contributed by atoms with van der Waals surface area (Å²) in [6, 6.07) is 0. The van der Waals surface area contributed by atoms with Crippen molar-refractivity contribution in [2.45, 2.75) is 19.0 Å². The summed E-state index contributed by atoms with van der Waals surface area (Å²) < 4.78 is 36.7. The Hall–Kier alpha value is -1.20. The maximum atomic E-state index is 12.2. The largest absolute Gasteiger partial charge is 0.437 e. The number of allylic oxidation sites excluding steroid dienone is 2. The monoisotopic (exact) mass is 205 g/mol. The van der Waals surface area contributed by atoms with E-state index in [1.807, 2.05) is 5.18 Å². The molecule has 0 spiro atoms. The molecular weight excluding hydrogens is 199 g/mol. The lowest BCUT2D eigenvalue weighted by molar-refractivity contribution is -0.117. The molecule has 2 rings (SSSR count). The molecule has 0 bridgehead atoms. The maximum Gasteiger partial charge on any atom is 0.437 e. The average Bonchev–Trinajstić information content (AvgIpc) is 2.70. The van der Waals surface area contributed by atoms with Gasteiger partial charge in [0.15, 0.2) is 11.5 Å². The zero-order chi connectivity index (χ0) is 10.5. The van der Waals surface area contributed by atoms with Gasteiger partial charge in [-0.25, -0.2) is 0 Å². The summed E-state index contributed by atoms with van der Waals surface area (Å²) in [5.41, 5.74) is -1.91. The molecule has 2 aliphatic carbocycles. The molecule has 1 unspecified atom stereocenters. The first kappa shape index (κ1) is 9.36. The second-order valence-corrected chi connectivity index (χ2v) is 3.58. The summed E-state index contributed by atoms with van der Waals surface area (Å²) in [6.07, 6.45) is -4.09. The second kappa shape index (κ2) is 2.65. The molecule has 2 atom stereocenters. The lowest BCUT2D eigenvalue weighted by Gasteiger charge is -2.07. The minimum atomic E-state index is -4.80. The normalized spacial score (nSPS) is 34.1. The molecule has 3 nitrogen and oxygen atoms in total. The Morgan fingerprint density at radius 1 is 1.43 bits per heavy atom. The highest BCUT2D eigenvalue weighted by molar-refractivity contribution is 6.00. The van der Waals surface area contributed by atoms with E-state index in [1.165, 1.54) is 0 Å². The zero-order valence-corrected chi connectivity index (χ0v) is 6.97. The van der Waals surface area contributed by atoms with E-state index >= 15 is 0 Å². The van der Waals surface area contributed by atoms with Crippen molar-refractivity contribution in [3.05, 3.63) is 16.2 Å². The van der Waals surface area contributed by atoms with Gasteiger partial charge in [-0.3, -0.25) is 4.79 Å². The molecule has 0 aromatic heterocycles. The van der Waals surface area contributed by atoms with Crippen LogP contribution in [0.3, 0.4) is 0 Å². The number of carbonyl (C=O) groups excluding carboxylic acids is 1. The molecule has 0 aromatic rings. The molecule has 76 valence electrons. The van der Waals surface area contributed by atoms with Crippen LogP contribution in [-0.4, -0.2) is 12.0 Å². The van der Waals surface area contributed by atoms with Crippen molar-refractivity contribution in [3.63, 3.8) is 0 Å². The number of nitrogens with zero attached hydrogens (tertiary/aromatic N) is 1. The van der Waals surface area contributed by atoms with Crippen molar-refractivity contribution in [2.75, 3.05) is 0 Å². The minimum Gasteiger partial charge on any atom is -0.294 e. The third-order valence-corrected chi connectivity index (χ3v) is 2.66. The van der Waals surface area contributed by atoms with E-state index < -0.39 is 23.2 Å². The van der Waals surface area contributed by atoms with Gasteiger partial charge in [-0.2, -0.15) is 13.2 Å². The molecule has 0 radical (unpaired) electrons. The summed E-state index contributed by atoms with van der Waals surface area (Å²) in [7, 11) is 0. The van der Waals surface area contributed by atoms with Crippen LogP contribution in [0, 0.1) is 16.7 Å². The lowest BCUT2D eigenvalue weighted by atomic mass is 10.1. The quantitative estimate of drug-likeness (QED) is 0.486. The fourth-order valence-electron chi connectivity index (χ4n) is 1.94. The number of hydrogen-bond donors (Lipinski definition) is 0. The molecule has 6 heteroatoms. The van der Waals surface area contributed by atoms with Crippen LogP contribution in [0.25, 0.3) is 0 Å². The summed E-state index contributed by atoms with van der Waals surface area (Å²) >= 11 is 0. The molecule has 0 aromatic carbocycles. The number of carbonyl (C=O) groups is 1. The average molecular weight is 205 g/mol. The molecule has 2 aliphatic rings. The number of ketones is 1. The summed E-state index contributed by atoms with van der Waals surface area (Å²) in [5, 5.41) is 1.95. The van der Waals surface area contributed by atoms with E-state index in [4.69, 9.17) is 0 Å². The highest BCUT2D eigenvalue weighted by atomic mass is 19.4. The summed E-state index contributed by atoms with van der Waals surface area (Å²) in [5.74, 6) is -0.911. The topological polar surface area (TPSA) is 46.5 Å². The van der Waals surface area contributed by atoms with E-state index in [0.29, 0.717) is 6.42 Å². The van der Waals surface area contributed by atoms with Gasteiger partial charge in [-0.1, -0.05) is 0 Å². The Bertz CT molecular complexity index is 345. The van der Waals surface area contributed by atoms with Gasteiger partial charge in [0.05, 0.1) is 0 Å². The van der Waals surface area contributed by atoms with Crippen LogP contribution in [0.1, 0.15) is 12.8 Å². The zero-order valence-electron chi connectivity index (χ0n) is 6.97. The van der Waals surface area contributed by atoms with Crippen LogP contribution >= 0.6 is 0 Å². The first-order valence-electron chi connectivity index (χ1n) is 4.13. The standard InChI is InChI=1S/C8H6F3NO2/c9-8(10,11)7(12-14)6-4-1-3(4)2-5(6)13/h3-4H,1-2H2/b7-6-/t3?,4-/m0/s1. The van der Waals surface area contributed by atoms with Crippen molar-refractivity contribution in [1.29, 1.82) is 0 Å². The van der Waals surface area contributed by atoms with E-state index in [-0.39, 0.29) is 18.3 Å². The fraction of sp³-hybridized carbons (Fsp3) is 0.625. The molecule has 0 N–H and O–H groups in total. The van der Waals surface area contributed by atoms with Gasteiger partial charge in [0.1, 0.15) is 0 Å². The molecule has 0 amide bonds. The Morgan fingerprint density at radius 2 is 2.07 bits per heavy atom. The molecule has 2 saturated carbocycles. The predicted molar refractivity (Wildman–Crippen MR) is 40.1 cm³/mol. The van der Waals surface area contributed by atoms with Crippen LogP contribution in [0.2, 0.25) is 0 Å². The van der Waals surface area contributed by atoms with Crippen molar-refractivity contribution in [1.82, 2.24) is 0 Å². The van der Waals surface area contributed by atoms with E-state index in [0.717, 1.165) is 0 Å². The fourth-order valence-corrected chi connectivity index (χ4v) is 1.94. The van der Waals surface area contributed by atoms with Gasteiger partial charge < -0.3 is 0 Å². The van der Waals surface area contributed by atoms with E-state index in [9.17, 15) is 22.9 Å². The first-order chi connectivity index (χ1) is 6.45. The molecule has 0 heterocycles. The highest BCUT2D eigenvalue weighted by Gasteiger charge is 2.54. The molecule has 14 heavy (non-hydrogen) atoms. The molecule has 0 saturated heterocycles. The number of alkyl halides is 3. The van der Waals surface area contributed by atoms with Crippen LogP contribution in [0.4, 0.5) is 13.2 Å². The Kier molecular flexibility index (Phi) is 1.77. The lowest BCUT2D eigenvalue weighted by Crippen LogP contribution is -2.15. The van der Waals surface area contributed by atoms with Gasteiger partial charge >= 0.3 is 6.18 Å². The Labute approximate surface area is 76.9 Å². The van der Waals surface area contributed by atoms with E-state index in [2.05, 4.69) is 0 Å². The summed E-state index contributed by atoms with van der Waals surface area (Å²) in [6.45, 7) is 0. The smallest absolute Gasteiger partial charge is 0.294 e. The van der Waals surface area contributed by atoms with Gasteiger partial charge in [0.25, 0.3) is 0 Å². The van der Waals surface area contributed by atoms with Crippen molar-refractivity contribution < 1.29 is 18.0 Å². The van der Waals surface area contributed by atoms with Crippen molar-refractivity contribution in [2.24, 2.45) is 17.0 Å². The van der Waals surface area contributed by atoms with E-state index in [1.54, 1.807) is 0 Å². The van der Waals surface area contributed by atoms with Crippen molar-refractivity contribution >= 4 is 5.78 Å². The van der Waals surface area contributed by atoms with Gasteiger partial charge in [0.2, 0.25) is 0 Å². The highest BCUT2D eigenvalue weighted by Crippen LogP contribution is 2.55. The third-order valence-electron chi connectivity index (χ3n) is 2.66. The van der Waals surface area contributed by atoms with Gasteiger partial charge in [0, 0.05) is 12.0 Å². The number of Topliss-reactive ketones (excluding diaryl/α,β-unsaturated/α-hetero) is 1. The maximum absolute atomic E-state index is 12.2. The number of hydrogen-bond acceptors (Lipinski definition) is 3. The number of rotatable bonds is 1. The SMILES string of the molecule is O=N/C(=C1\C(=O)CC2C[C@H]12)C(F)(F)F. The number of nitroso groups, excluding NO2 is 1. The van der Waals surface area contributed by atoms with Crippen LogP contribution in [0.15, 0.2) is 16.4 Å². The number of fused-ring (bicyclic) bond motifs is 1. The predicted octanol–water partition coefficient (Wildman–Crippen LogP) is 2.18. The Morgan fingerprint density at radius 3 is 2.43 bits per heavy atom. The molecule has 2 fully saturated rings. The van der Waals surface area contributed by atoms with Crippen LogP contribution < -0.4 is 0 Å². The third kappa shape index (κ3) is 1.25. The van der Waals surface area contributed by atoms with Gasteiger partial charge in [-0.05, 0) is 23.4 Å².